The molecule has 0 spiro atoms. The molecule has 3 rings (SSSR count). The third kappa shape index (κ3) is 4.60. The van der Waals surface area contributed by atoms with Crippen LogP contribution in [0.25, 0.3) is 0 Å². The molecule has 0 atom stereocenters. The minimum atomic E-state index is -0.356. The molecule has 9 heteroatoms. The number of carbonyl (C=O) groups is 1. The lowest BCUT2D eigenvalue weighted by Gasteiger charge is -2.12. The van der Waals surface area contributed by atoms with Gasteiger partial charge in [-0.05, 0) is 18.2 Å². The maximum absolute atomic E-state index is 12.3. The van der Waals surface area contributed by atoms with E-state index in [1.807, 2.05) is 0 Å². The van der Waals surface area contributed by atoms with Crippen LogP contribution < -0.4 is 14.8 Å². The Morgan fingerprint density at radius 1 is 1.00 bits per heavy atom. The molecule has 1 amide bonds. The standard InChI is InChI=1S/C19H16ClN5O3/c1-27-15-9-13(23-19(26)14-5-3-4-7-21-14)10-16(28-2)18(15)25-24-12-6-8-22-17(20)11-12/h3-11H,1-2H3,(H,23,26)/b25-24+. The first-order valence-corrected chi connectivity index (χ1v) is 8.50. The summed E-state index contributed by atoms with van der Waals surface area (Å²) in [6.45, 7) is 0. The smallest absolute Gasteiger partial charge is 0.274 e. The highest BCUT2D eigenvalue weighted by molar-refractivity contribution is 6.29. The van der Waals surface area contributed by atoms with Crippen LogP contribution in [0.15, 0.2) is 65.1 Å². The third-order valence-electron chi connectivity index (χ3n) is 3.61. The van der Waals surface area contributed by atoms with Gasteiger partial charge in [-0.3, -0.25) is 9.78 Å². The number of aromatic nitrogens is 2. The van der Waals surface area contributed by atoms with Crippen LogP contribution in [0.5, 0.6) is 11.5 Å². The molecule has 0 saturated carbocycles. The van der Waals surface area contributed by atoms with E-state index in [2.05, 4.69) is 25.5 Å². The fraction of sp³-hybridized carbons (Fsp3) is 0.105. The molecule has 28 heavy (non-hydrogen) atoms. The number of anilines is 1. The molecule has 0 unspecified atom stereocenters. The summed E-state index contributed by atoms with van der Waals surface area (Å²) in [5.41, 5.74) is 1.65. The number of halogens is 1. The molecule has 2 aromatic heterocycles. The van der Waals surface area contributed by atoms with Crippen molar-refractivity contribution >= 4 is 34.6 Å². The van der Waals surface area contributed by atoms with E-state index < -0.39 is 0 Å². The lowest BCUT2D eigenvalue weighted by molar-refractivity contribution is 0.102. The van der Waals surface area contributed by atoms with Crippen molar-refractivity contribution in [1.82, 2.24) is 9.97 Å². The second-order valence-electron chi connectivity index (χ2n) is 5.44. The molecular formula is C19H16ClN5O3. The Morgan fingerprint density at radius 2 is 1.75 bits per heavy atom. The Hall–Kier alpha value is -3.52. The molecule has 0 aliphatic carbocycles. The Morgan fingerprint density at radius 3 is 2.36 bits per heavy atom. The Bertz CT molecular complexity index is 986. The number of rotatable bonds is 6. The van der Waals surface area contributed by atoms with Crippen LogP contribution in [0, 0.1) is 0 Å². The molecule has 0 bridgehead atoms. The predicted octanol–water partition coefficient (Wildman–Crippen LogP) is 4.81. The van der Waals surface area contributed by atoms with E-state index in [1.165, 1.54) is 20.4 Å². The minimum absolute atomic E-state index is 0.291. The zero-order chi connectivity index (χ0) is 19.9. The van der Waals surface area contributed by atoms with Crippen LogP contribution in [-0.4, -0.2) is 30.1 Å². The van der Waals surface area contributed by atoms with E-state index in [4.69, 9.17) is 21.1 Å². The van der Waals surface area contributed by atoms with E-state index in [1.54, 1.807) is 48.7 Å². The van der Waals surface area contributed by atoms with Crippen molar-refractivity contribution in [1.29, 1.82) is 0 Å². The van der Waals surface area contributed by atoms with Crippen molar-refractivity contribution in [3.63, 3.8) is 0 Å². The number of azo groups is 1. The lowest BCUT2D eigenvalue weighted by atomic mass is 10.2. The van der Waals surface area contributed by atoms with Gasteiger partial charge in [0.1, 0.15) is 10.8 Å². The second kappa shape index (κ2) is 8.92. The summed E-state index contributed by atoms with van der Waals surface area (Å²) in [7, 11) is 2.98. The summed E-state index contributed by atoms with van der Waals surface area (Å²) in [6, 6.07) is 11.6. The average Bonchev–Trinajstić information content (AvgIpc) is 2.72. The monoisotopic (exact) mass is 397 g/mol. The zero-order valence-corrected chi connectivity index (χ0v) is 15.8. The molecule has 0 aliphatic heterocycles. The number of nitrogens with zero attached hydrogens (tertiary/aromatic N) is 4. The van der Waals surface area contributed by atoms with Crippen LogP contribution in [0.2, 0.25) is 5.15 Å². The van der Waals surface area contributed by atoms with Gasteiger partial charge >= 0.3 is 0 Å². The maximum atomic E-state index is 12.3. The van der Waals surface area contributed by atoms with Gasteiger partial charge in [-0.2, -0.15) is 5.11 Å². The average molecular weight is 398 g/mol. The van der Waals surface area contributed by atoms with Crippen LogP contribution >= 0.6 is 11.6 Å². The molecule has 0 radical (unpaired) electrons. The summed E-state index contributed by atoms with van der Waals surface area (Å²) < 4.78 is 10.8. The second-order valence-corrected chi connectivity index (χ2v) is 5.82. The summed E-state index contributed by atoms with van der Waals surface area (Å²) in [5.74, 6) is 0.393. The predicted molar refractivity (Wildman–Crippen MR) is 105 cm³/mol. The van der Waals surface area contributed by atoms with Gasteiger partial charge in [0.15, 0.2) is 17.2 Å². The number of pyridine rings is 2. The van der Waals surface area contributed by atoms with Crippen LogP contribution in [0.3, 0.4) is 0 Å². The number of ether oxygens (including phenoxy) is 2. The number of amides is 1. The van der Waals surface area contributed by atoms with Crippen molar-refractivity contribution in [3.05, 3.63) is 65.7 Å². The van der Waals surface area contributed by atoms with Gasteiger partial charge in [0.05, 0.1) is 19.9 Å². The van der Waals surface area contributed by atoms with Crippen LogP contribution in [-0.2, 0) is 0 Å². The van der Waals surface area contributed by atoms with E-state index in [-0.39, 0.29) is 5.91 Å². The van der Waals surface area contributed by atoms with Crippen molar-refractivity contribution in [2.45, 2.75) is 0 Å². The highest BCUT2D eigenvalue weighted by Gasteiger charge is 2.15. The highest BCUT2D eigenvalue weighted by Crippen LogP contribution is 2.41. The summed E-state index contributed by atoms with van der Waals surface area (Å²) >= 11 is 5.86. The normalized spacial score (nSPS) is 10.7. The van der Waals surface area contributed by atoms with E-state index in [9.17, 15) is 4.79 Å². The van der Waals surface area contributed by atoms with Gasteiger partial charge in [0.2, 0.25) is 0 Å². The summed E-state index contributed by atoms with van der Waals surface area (Å²) in [4.78, 5) is 20.2. The SMILES string of the molecule is COc1cc(NC(=O)c2ccccn2)cc(OC)c1/N=N/c1ccnc(Cl)c1. The molecule has 1 N–H and O–H groups in total. The first-order valence-electron chi connectivity index (χ1n) is 8.12. The molecule has 142 valence electrons. The van der Waals surface area contributed by atoms with Gasteiger partial charge < -0.3 is 14.8 Å². The van der Waals surface area contributed by atoms with Gasteiger partial charge in [-0.1, -0.05) is 17.7 Å². The zero-order valence-electron chi connectivity index (χ0n) is 15.1. The number of benzene rings is 1. The Labute approximate surface area is 166 Å². The number of hydrogen-bond donors (Lipinski definition) is 1. The highest BCUT2D eigenvalue weighted by atomic mass is 35.5. The molecule has 0 saturated heterocycles. The fourth-order valence-electron chi connectivity index (χ4n) is 2.32. The fourth-order valence-corrected chi connectivity index (χ4v) is 2.49. The lowest BCUT2D eigenvalue weighted by Crippen LogP contribution is -2.13. The van der Waals surface area contributed by atoms with E-state index >= 15 is 0 Å². The Kier molecular flexibility index (Phi) is 6.13. The maximum Gasteiger partial charge on any atom is 0.274 e. The molecule has 0 aliphatic rings. The summed E-state index contributed by atoms with van der Waals surface area (Å²) in [6.07, 6.45) is 3.08. The molecular weight excluding hydrogens is 382 g/mol. The topological polar surface area (TPSA) is 98.1 Å². The molecule has 1 aromatic carbocycles. The van der Waals surface area contributed by atoms with E-state index in [0.29, 0.717) is 39.4 Å². The first kappa shape index (κ1) is 19.2. The van der Waals surface area contributed by atoms with Crippen LogP contribution in [0.1, 0.15) is 10.5 Å². The van der Waals surface area contributed by atoms with Gasteiger partial charge in [-0.25, -0.2) is 4.98 Å². The number of methoxy groups -OCH3 is 2. The number of nitrogens with one attached hydrogen (secondary N) is 1. The number of carbonyl (C=O) groups excluding carboxylic acids is 1. The van der Waals surface area contributed by atoms with Gasteiger partial charge in [0.25, 0.3) is 5.91 Å². The summed E-state index contributed by atoms with van der Waals surface area (Å²) in [5, 5.41) is 11.4. The minimum Gasteiger partial charge on any atom is -0.494 e. The van der Waals surface area contributed by atoms with Crippen molar-refractivity contribution in [3.8, 4) is 11.5 Å². The third-order valence-corrected chi connectivity index (χ3v) is 3.82. The van der Waals surface area contributed by atoms with Crippen molar-refractivity contribution < 1.29 is 14.3 Å². The molecule has 8 nitrogen and oxygen atoms in total. The van der Waals surface area contributed by atoms with E-state index in [0.717, 1.165) is 0 Å². The van der Waals surface area contributed by atoms with Crippen LogP contribution in [0.4, 0.5) is 17.1 Å². The first-order chi connectivity index (χ1) is 13.6. The van der Waals surface area contributed by atoms with Gasteiger partial charge in [0, 0.05) is 36.3 Å². The van der Waals surface area contributed by atoms with Crippen molar-refractivity contribution in [2.24, 2.45) is 10.2 Å². The van der Waals surface area contributed by atoms with Crippen molar-refractivity contribution in [2.75, 3.05) is 19.5 Å². The van der Waals surface area contributed by atoms with Gasteiger partial charge in [-0.15, -0.1) is 5.11 Å². The molecule has 2 heterocycles. The quantitative estimate of drug-likeness (QED) is 0.475. The Balaban J connectivity index is 1.91. The largest absolute Gasteiger partial charge is 0.494 e. The molecule has 3 aromatic rings. The number of hydrogen-bond acceptors (Lipinski definition) is 7. The molecule has 0 fully saturated rings.